The van der Waals surface area contributed by atoms with Gasteiger partial charge in [-0.3, -0.25) is 62.9 Å². The summed E-state index contributed by atoms with van der Waals surface area (Å²) < 4.78 is 23.0. The van der Waals surface area contributed by atoms with Crippen LogP contribution in [0.15, 0.2) is 12.2 Å². The molecule has 1 saturated heterocycles. The van der Waals surface area contributed by atoms with Crippen molar-refractivity contribution in [2.75, 3.05) is 78.5 Å². The molecule has 2 rings (SSSR count). The van der Waals surface area contributed by atoms with Crippen LogP contribution in [0.5, 0.6) is 0 Å². The predicted octanol–water partition coefficient (Wildman–Crippen LogP) is 2.00. The van der Waals surface area contributed by atoms with Gasteiger partial charge >= 0.3 is 29.8 Å². The van der Waals surface area contributed by atoms with Crippen molar-refractivity contribution in [2.45, 2.75) is 143 Å². The third-order valence-corrected chi connectivity index (χ3v) is 9.43. The highest BCUT2D eigenvalue weighted by Gasteiger charge is 2.35. The van der Waals surface area contributed by atoms with Gasteiger partial charge in [-0.2, -0.15) is 0 Å². The molecule has 2 atom stereocenters. The number of amides is 3. The van der Waals surface area contributed by atoms with E-state index in [2.05, 4.69) is 5.32 Å². The van der Waals surface area contributed by atoms with Crippen LogP contribution in [-0.2, 0) is 57.3 Å². The Labute approximate surface area is 373 Å². The molecule has 2 aliphatic heterocycles. The Hall–Kier alpha value is -4.46. The summed E-state index contributed by atoms with van der Waals surface area (Å²) in [5, 5.41) is 12.4. The molecule has 2 aliphatic rings. The maximum absolute atomic E-state index is 14.1. The summed E-state index contributed by atoms with van der Waals surface area (Å²) in [7, 11) is 0. The number of carboxylic acid groups (broad SMARTS) is 1. The SMILES string of the molecule is CC(C)(C)OC(=O)CN1CCN(C(CCC(=O)O)C(=O)OC(C)(C)C)CCN(CC(=O)OC(C)(C)C)CCN(C(CCC(=O)NCCN2C(=O)C=CC2=O)C(=O)OC(C)(C)C)CC1. The Morgan fingerprint density at radius 3 is 1.25 bits per heavy atom. The molecule has 0 aromatic rings. The van der Waals surface area contributed by atoms with E-state index in [1.165, 1.54) is 0 Å². The van der Waals surface area contributed by atoms with Gasteiger partial charge in [0.2, 0.25) is 5.91 Å². The van der Waals surface area contributed by atoms with Crippen molar-refractivity contribution in [2.24, 2.45) is 0 Å². The van der Waals surface area contributed by atoms with Crippen molar-refractivity contribution in [3.05, 3.63) is 12.2 Å². The molecule has 0 spiro atoms. The molecule has 0 aromatic carbocycles. The lowest BCUT2D eigenvalue weighted by Crippen LogP contribution is -2.54. The van der Waals surface area contributed by atoms with Gasteiger partial charge in [-0.15, -0.1) is 0 Å². The maximum Gasteiger partial charge on any atom is 0.323 e. The van der Waals surface area contributed by atoms with Crippen molar-refractivity contribution >= 4 is 47.6 Å². The van der Waals surface area contributed by atoms with Gasteiger partial charge in [-0.25, -0.2) is 0 Å². The fourth-order valence-electron chi connectivity index (χ4n) is 6.79. The number of nitrogens with one attached hydrogen (secondary N) is 1. The van der Waals surface area contributed by atoms with E-state index >= 15 is 0 Å². The monoisotopic (exact) mass is 895 g/mol. The van der Waals surface area contributed by atoms with Gasteiger partial charge in [0.15, 0.2) is 0 Å². The first kappa shape index (κ1) is 54.7. The van der Waals surface area contributed by atoms with Gasteiger partial charge < -0.3 is 29.4 Å². The highest BCUT2D eigenvalue weighted by atomic mass is 16.6. The molecule has 63 heavy (non-hydrogen) atoms. The third-order valence-electron chi connectivity index (χ3n) is 9.43. The van der Waals surface area contributed by atoms with E-state index in [0.29, 0.717) is 0 Å². The fourth-order valence-corrected chi connectivity index (χ4v) is 6.79. The number of esters is 4. The normalized spacial score (nSPS) is 18.2. The average Bonchev–Trinajstić information content (AvgIpc) is 3.41. The van der Waals surface area contributed by atoms with E-state index in [1.54, 1.807) is 83.1 Å². The summed E-state index contributed by atoms with van der Waals surface area (Å²) in [4.78, 5) is 112. The van der Waals surface area contributed by atoms with Gasteiger partial charge in [0.05, 0.1) is 13.1 Å². The van der Waals surface area contributed by atoms with Crippen LogP contribution < -0.4 is 5.32 Å². The Kier molecular flexibility index (Phi) is 20.8. The van der Waals surface area contributed by atoms with Crippen molar-refractivity contribution in [1.29, 1.82) is 0 Å². The van der Waals surface area contributed by atoms with Crippen LogP contribution in [0.1, 0.15) is 109 Å². The molecule has 0 radical (unpaired) electrons. The lowest BCUT2D eigenvalue weighted by molar-refractivity contribution is -0.164. The van der Waals surface area contributed by atoms with Crippen molar-refractivity contribution < 1.29 is 62.4 Å². The second kappa shape index (κ2) is 24.0. The summed E-state index contributed by atoms with van der Waals surface area (Å²) in [6.07, 6.45) is 1.88. The van der Waals surface area contributed by atoms with Crippen molar-refractivity contribution in [3.63, 3.8) is 0 Å². The minimum Gasteiger partial charge on any atom is -0.481 e. The molecule has 19 heteroatoms. The van der Waals surface area contributed by atoms with Crippen LogP contribution in [0, 0.1) is 0 Å². The number of rotatable bonds is 17. The number of hydrogen-bond acceptors (Lipinski definition) is 16. The van der Waals surface area contributed by atoms with Crippen molar-refractivity contribution in [1.82, 2.24) is 29.8 Å². The first-order valence-corrected chi connectivity index (χ1v) is 21.8. The Bertz CT molecular complexity index is 1580. The zero-order valence-corrected chi connectivity index (χ0v) is 39.7. The summed E-state index contributed by atoms with van der Waals surface area (Å²) in [5.74, 6) is -4.61. The molecule has 0 bridgehead atoms. The van der Waals surface area contributed by atoms with E-state index in [4.69, 9.17) is 18.9 Å². The van der Waals surface area contributed by atoms with Crippen molar-refractivity contribution in [3.8, 4) is 0 Å². The van der Waals surface area contributed by atoms with Crippen LogP contribution in [0.2, 0.25) is 0 Å². The molecule has 2 unspecified atom stereocenters. The molecule has 2 heterocycles. The summed E-state index contributed by atoms with van der Waals surface area (Å²) in [6.45, 7) is 22.2. The molecule has 0 saturated carbocycles. The summed E-state index contributed by atoms with van der Waals surface area (Å²) in [6, 6.07) is -1.93. The number of aliphatic carboxylic acids is 1. The number of nitrogens with zero attached hydrogens (tertiary/aromatic N) is 5. The lowest BCUT2D eigenvalue weighted by Gasteiger charge is -2.38. The maximum atomic E-state index is 14.1. The largest absolute Gasteiger partial charge is 0.481 e. The van der Waals surface area contributed by atoms with Crippen LogP contribution in [0.3, 0.4) is 0 Å². The topological polar surface area (TPSA) is 222 Å². The number of carbonyl (C=O) groups excluding carboxylic acids is 7. The predicted molar refractivity (Wildman–Crippen MR) is 232 cm³/mol. The van der Waals surface area contributed by atoms with E-state index < -0.39 is 82.1 Å². The van der Waals surface area contributed by atoms with E-state index in [0.717, 1.165) is 17.1 Å². The molecule has 3 amide bonds. The van der Waals surface area contributed by atoms with E-state index in [-0.39, 0.29) is 104 Å². The Morgan fingerprint density at radius 2 is 0.921 bits per heavy atom. The number of imide groups is 1. The number of carboxylic acids is 1. The summed E-state index contributed by atoms with van der Waals surface area (Å²) in [5.41, 5.74) is -3.31. The lowest BCUT2D eigenvalue weighted by atomic mass is 10.1. The van der Waals surface area contributed by atoms with Gasteiger partial charge in [0, 0.05) is 90.4 Å². The van der Waals surface area contributed by atoms with Crippen LogP contribution in [0.25, 0.3) is 0 Å². The van der Waals surface area contributed by atoms with Gasteiger partial charge in [-0.1, -0.05) is 0 Å². The molecular formula is C44H74N6O13. The molecule has 358 valence electrons. The Morgan fingerprint density at radius 1 is 0.571 bits per heavy atom. The summed E-state index contributed by atoms with van der Waals surface area (Å²) >= 11 is 0. The smallest absolute Gasteiger partial charge is 0.323 e. The molecule has 0 aromatic heterocycles. The van der Waals surface area contributed by atoms with Gasteiger partial charge in [0.25, 0.3) is 11.8 Å². The number of ether oxygens (including phenoxy) is 4. The highest BCUT2D eigenvalue weighted by Crippen LogP contribution is 2.20. The minimum atomic E-state index is -1.08. The first-order valence-electron chi connectivity index (χ1n) is 21.8. The van der Waals surface area contributed by atoms with E-state index in [9.17, 15) is 43.5 Å². The fraction of sp³-hybridized carbons (Fsp3) is 0.773. The van der Waals surface area contributed by atoms with Crippen LogP contribution in [0.4, 0.5) is 0 Å². The quantitative estimate of drug-likeness (QED) is 0.121. The number of carbonyl (C=O) groups is 8. The third kappa shape index (κ3) is 22.6. The molecule has 19 nitrogen and oxygen atoms in total. The van der Waals surface area contributed by atoms with Crippen LogP contribution in [-0.4, -0.2) is 190 Å². The average molecular weight is 895 g/mol. The zero-order chi connectivity index (χ0) is 47.9. The highest BCUT2D eigenvalue weighted by molar-refractivity contribution is 6.12. The van der Waals surface area contributed by atoms with Crippen LogP contribution >= 0.6 is 0 Å². The number of hydrogen-bond donors (Lipinski definition) is 2. The zero-order valence-electron chi connectivity index (χ0n) is 39.7. The Balaban J connectivity index is 2.57. The molecule has 0 aliphatic carbocycles. The van der Waals surface area contributed by atoms with Gasteiger partial charge in [0.1, 0.15) is 34.5 Å². The molecular weight excluding hydrogens is 821 g/mol. The minimum absolute atomic E-state index is 0.0141. The van der Waals surface area contributed by atoms with E-state index in [1.807, 2.05) is 19.6 Å². The first-order chi connectivity index (χ1) is 28.9. The standard InChI is InChI=1S/C44H74N6O13/c1-41(2,3)60-37(56)29-46-21-25-48(31(39(58)62-43(7,8)9)13-15-33(51)45-19-20-50-34(52)16-17-35(50)53)26-22-47(30-38(57)61-42(4,5)6)24-28-49(27-23-46)32(14-18-36(54)55)40(59)63-44(10,11)12/h16-17,31-32H,13-15,18-30H2,1-12H3,(H,45,51)(H,54,55). The molecule has 1 fully saturated rings. The van der Waals surface area contributed by atoms with Gasteiger partial charge in [-0.05, 0) is 95.9 Å². The second-order valence-corrected chi connectivity index (χ2v) is 19.9. The second-order valence-electron chi connectivity index (χ2n) is 19.9. The molecule has 2 N–H and O–H groups in total.